The predicted octanol–water partition coefficient (Wildman–Crippen LogP) is 2.73. The number of rotatable bonds is 4. The van der Waals surface area contributed by atoms with E-state index in [9.17, 15) is 14.4 Å². The van der Waals surface area contributed by atoms with Gasteiger partial charge in [0, 0.05) is 36.3 Å². The maximum absolute atomic E-state index is 13.1. The first-order valence-corrected chi connectivity index (χ1v) is 12.0. The van der Waals surface area contributed by atoms with E-state index in [0.717, 1.165) is 17.6 Å². The highest BCUT2D eigenvalue weighted by Crippen LogP contribution is 2.28. The van der Waals surface area contributed by atoms with E-state index < -0.39 is 6.04 Å². The molecule has 3 aliphatic rings. The average molecular weight is 513 g/mol. The molecule has 2 saturated heterocycles. The highest BCUT2D eigenvalue weighted by atomic mass is 79.9. The molecule has 8 nitrogen and oxygen atoms in total. The summed E-state index contributed by atoms with van der Waals surface area (Å²) >= 11 is 3.38. The molecule has 5 rings (SSSR count). The fraction of sp³-hybridized carbons (Fsp3) is 0.375. The largest absolute Gasteiger partial charge is 0.484 e. The predicted molar refractivity (Wildman–Crippen MR) is 128 cm³/mol. The minimum atomic E-state index is -0.735. The lowest BCUT2D eigenvalue weighted by atomic mass is 10.1. The minimum Gasteiger partial charge on any atom is -0.484 e. The van der Waals surface area contributed by atoms with Crippen LogP contribution in [0.5, 0.6) is 5.75 Å². The van der Waals surface area contributed by atoms with Gasteiger partial charge in [-0.25, -0.2) is 0 Å². The van der Waals surface area contributed by atoms with Gasteiger partial charge in [-0.2, -0.15) is 0 Å². The molecule has 2 fully saturated rings. The van der Waals surface area contributed by atoms with Crippen molar-refractivity contribution in [1.82, 2.24) is 9.80 Å². The molecule has 0 aromatic heterocycles. The molecule has 0 saturated carbocycles. The third-order valence-corrected chi connectivity index (χ3v) is 6.93. The van der Waals surface area contributed by atoms with Crippen LogP contribution in [0.2, 0.25) is 0 Å². The SMILES string of the molecule is O=C1Nc2ccc(Br)cc2C(=O)N2CCN(C(=O)COc3ccc(N4CCCC4)cc3)CC12. The van der Waals surface area contributed by atoms with E-state index in [1.807, 2.05) is 24.3 Å². The van der Waals surface area contributed by atoms with E-state index >= 15 is 0 Å². The van der Waals surface area contributed by atoms with Crippen molar-refractivity contribution < 1.29 is 19.1 Å². The monoisotopic (exact) mass is 512 g/mol. The molecule has 3 heterocycles. The van der Waals surface area contributed by atoms with Crippen molar-refractivity contribution in [3.05, 3.63) is 52.5 Å². The Morgan fingerprint density at radius 2 is 1.79 bits per heavy atom. The van der Waals surface area contributed by atoms with E-state index in [1.165, 1.54) is 18.5 Å². The third-order valence-electron chi connectivity index (χ3n) is 6.44. The van der Waals surface area contributed by atoms with Gasteiger partial charge in [0.05, 0.1) is 17.8 Å². The third kappa shape index (κ3) is 4.42. The maximum atomic E-state index is 13.1. The molecule has 2 aromatic carbocycles. The quantitative estimate of drug-likeness (QED) is 0.680. The van der Waals surface area contributed by atoms with Crippen LogP contribution < -0.4 is 15.0 Å². The summed E-state index contributed by atoms with van der Waals surface area (Å²) < 4.78 is 6.48. The highest BCUT2D eigenvalue weighted by Gasteiger charge is 2.40. The first kappa shape index (κ1) is 21.8. The van der Waals surface area contributed by atoms with Crippen LogP contribution in [-0.4, -0.2) is 72.9 Å². The lowest BCUT2D eigenvalue weighted by Gasteiger charge is -2.39. The number of benzene rings is 2. The molecule has 0 aliphatic carbocycles. The van der Waals surface area contributed by atoms with E-state index in [1.54, 1.807) is 28.0 Å². The summed E-state index contributed by atoms with van der Waals surface area (Å²) in [5.41, 5.74) is 2.10. The van der Waals surface area contributed by atoms with Crippen LogP contribution >= 0.6 is 15.9 Å². The summed E-state index contributed by atoms with van der Waals surface area (Å²) in [6.45, 7) is 2.82. The molecule has 3 amide bonds. The zero-order chi connectivity index (χ0) is 22.9. The van der Waals surface area contributed by atoms with Crippen LogP contribution in [0, 0.1) is 0 Å². The van der Waals surface area contributed by atoms with Crippen molar-refractivity contribution in [3.63, 3.8) is 0 Å². The highest BCUT2D eigenvalue weighted by molar-refractivity contribution is 9.10. The van der Waals surface area contributed by atoms with Gasteiger partial charge in [0.2, 0.25) is 5.91 Å². The summed E-state index contributed by atoms with van der Waals surface area (Å²) in [6.07, 6.45) is 2.43. The molecule has 1 N–H and O–H groups in total. The normalized spacial score (nSPS) is 20.2. The van der Waals surface area contributed by atoms with Gasteiger partial charge in [-0.05, 0) is 55.3 Å². The molecule has 0 radical (unpaired) electrons. The van der Waals surface area contributed by atoms with Crippen LogP contribution in [0.4, 0.5) is 11.4 Å². The standard InChI is InChI=1S/C24H25BrN4O4/c25-16-3-8-20-19(13-16)24(32)29-12-11-28(14-21(29)23(31)26-20)22(30)15-33-18-6-4-17(5-7-18)27-9-1-2-10-27/h3-8,13,21H,1-2,9-12,14-15H2,(H,26,31). The van der Waals surface area contributed by atoms with Crippen molar-refractivity contribution in [1.29, 1.82) is 0 Å². The van der Waals surface area contributed by atoms with Crippen molar-refractivity contribution in [2.45, 2.75) is 18.9 Å². The minimum absolute atomic E-state index is 0.113. The van der Waals surface area contributed by atoms with Gasteiger partial charge >= 0.3 is 0 Å². The first-order chi connectivity index (χ1) is 16.0. The molecular weight excluding hydrogens is 488 g/mol. The number of halogens is 1. The number of amides is 3. The summed E-state index contributed by atoms with van der Waals surface area (Å²) in [7, 11) is 0. The van der Waals surface area contributed by atoms with Crippen LogP contribution in [0.15, 0.2) is 46.9 Å². The molecule has 172 valence electrons. The summed E-state index contributed by atoms with van der Waals surface area (Å²) in [5.74, 6) is -0.0761. The average Bonchev–Trinajstić information content (AvgIpc) is 3.35. The van der Waals surface area contributed by atoms with Gasteiger partial charge in [-0.15, -0.1) is 0 Å². The number of carbonyl (C=O) groups is 3. The Bertz CT molecular complexity index is 1080. The Morgan fingerprint density at radius 3 is 2.55 bits per heavy atom. The molecule has 33 heavy (non-hydrogen) atoms. The first-order valence-electron chi connectivity index (χ1n) is 11.2. The Morgan fingerprint density at radius 1 is 1.03 bits per heavy atom. The molecule has 2 aromatic rings. The van der Waals surface area contributed by atoms with Crippen LogP contribution in [0.1, 0.15) is 23.2 Å². The van der Waals surface area contributed by atoms with Crippen LogP contribution in [-0.2, 0) is 9.59 Å². The number of carbonyl (C=O) groups excluding carboxylic acids is 3. The van der Waals surface area contributed by atoms with Gasteiger partial charge in [-0.3, -0.25) is 14.4 Å². The second-order valence-electron chi connectivity index (χ2n) is 8.51. The number of piperazine rings is 1. The Labute approximate surface area is 200 Å². The number of nitrogens with one attached hydrogen (secondary N) is 1. The van der Waals surface area contributed by atoms with Gasteiger partial charge in [-0.1, -0.05) is 15.9 Å². The number of ether oxygens (including phenoxy) is 1. The number of nitrogens with zero attached hydrogens (tertiary/aromatic N) is 3. The number of anilines is 2. The molecule has 0 spiro atoms. The fourth-order valence-corrected chi connectivity index (χ4v) is 4.98. The van der Waals surface area contributed by atoms with Crippen molar-refractivity contribution in [2.24, 2.45) is 0 Å². The lowest BCUT2D eigenvalue weighted by Crippen LogP contribution is -2.60. The van der Waals surface area contributed by atoms with Crippen LogP contribution in [0.3, 0.4) is 0 Å². The summed E-state index contributed by atoms with van der Waals surface area (Å²) in [5, 5.41) is 2.83. The molecule has 3 aliphatic heterocycles. The van der Waals surface area contributed by atoms with Crippen molar-refractivity contribution >= 4 is 45.0 Å². The zero-order valence-corrected chi connectivity index (χ0v) is 19.7. The topological polar surface area (TPSA) is 82.2 Å². The Balaban J connectivity index is 1.21. The second kappa shape index (κ2) is 9.05. The number of hydrogen-bond donors (Lipinski definition) is 1. The van der Waals surface area contributed by atoms with Crippen LogP contribution in [0.25, 0.3) is 0 Å². The maximum Gasteiger partial charge on any atom is 0.260 e. The Kier molecular flexibility index (Phi) is 5.97. The smallest absolute Gasteiger partial charge is 0.260 e. The number of hydrogen-bond acceptors (Lipinski definition) is 5. The van der Waals surface area contributed by atoms with Gasteiger partial charge in [0.1, 0.15) is 11.8 Å². The van der Waals surface area contributed by atoms with E-state index in [4.69, 9.17) is 4.74 Å². The van der Waals surface area contributed by atoms with Crippen molar-refractivity contribution in [2.75, 3.05) is 49.5 Å². The van der Waals surface area contributed by atoms with Gasteiger partial charge < -0.3 is 24.8 Å². The zero-order valence-electron chi connectivity index (χ0n) is 18.1. The van der Waals surface area contributed by atoms with Crippen molar-refractivity contribution in [3.8, 4) is 5.75 Å². The van der Waals surface area contributed by atoms with E-state index in [-0.39, 0.29) is 30.9 Å². The molecular formula is C24H25BrN4O4. The van der Waals surface area contributed by atoms with Gasteiger partial charge in [0.25, 0.3) is 11.8 Å². The molecule has 0 bridgehead atoms. The molecule has 9 heteroatoms. The Hall–Kier alpha value is -3.07. The fourth-order valence-electron chi connectivity index (χ4n) is 4.61. The summed E-state index contributed by atoms with van der Waals surface area (Å²) in [4.78, 5) is 44.2. The lowest BCUT2D eigenvalue weighted by molar-refractivity contribution is -0.137. The van der Waals surface area contributed by atoms with E-state index in [0.29, 0.717) is 30.1 Å². The van der Waals surface area contributed by atoms with Gasteiger partial charge in [0.15, 0.2) is 6.61 Å². The molecule has 1 atom stereocenters. The summed E-state index contributed by atoms with van der Waals surface area (Å²) in [6, 6.07) is 12.3. The van der Waals surface area contributed by atoms with E-state index in [2.05, 4.69) is 26.1 Å². The molecule has 1 unspecified atom stereocenters. The second-order valence-corrected chi connectivity index (χ2v) is 9.43. The number of fused-ring (bicyclic) bond motifs is 2.